The second-order valence-electron chi connectivity index (χ2n) is 12.0. The van der Waals surface area contributed by atoms with E-state index in [2.05, 4.69) is 20.4 Å². The standard InChI is InChI=1S/C28H38O9/c1-14-19-11-20(35-16(3)30)23-27(13-34-15(2)29)10-8-9-26(6,7)21(27)12-22(36-17(4)31)28(23,24(14)33)25(19)37-18(5)32/h19-23,25H,1,8-13H2,2-7H3. The third-order valence-corrected chi connectivity index (χ3v) is 9.51. The molecule has 4 saturated carbocycles. The van der Waals surface area contributed by atoms with Crippen molar-refractivity contribution >= 4 is 29.7 Å². The minimum atomic E-state index is -1.51. The lowest BCUT2D eigenvalue weighted by Gasteiger charge is -2.67. The quantitative estimate of drug-likeness (QED) is 0.306. The molecule has 0 amide bonds. The summed E-state index contributed by atoms with van der Waals surface area (Å²) in [5.74, 6) is -3.87. The molecule has 37 heavy (non-hydrogen) atoms. The van der Waals surface area contributed by atoms with E-state index in [-0.39, 0.29) is 35.7 Å². The summed E-state index contributed by atoms with van der Waals surface area (Å²) in [5.41, 5.74) is -2.28. The van der Waals surface area contributed by atoms with Gasteiger partial charge in [-0.3, -0.25) is 24.0 Å². The normalized spacial score (nSPS) is 39.6. The molecule has 0 aromatic heterocycles. The fraction of sp³-hybridized carbons (Fsp3) is 0.750. The van der Waals surface area contributed by atoms with Gasteiger partial charge in [-0.05, 0) is 42.6 Å². The van der Waals surface area contributed by atoms with Gasteiger partial charge in [-0.15, -0.1) is 0 Å². The van der Waals surface area contributed by atoms with E-state index in [1.807, 2.05) is 0 Å². The second-order valence-corrected chi connectivity index (χ2v) is 12.0. The fourth-order valence-electron chi connectivity index (χ4n) is 8.61. The van der Waals surface area contributed by atoms with E-state index in [1.165, 1.54) is 27.7 Å². The predicted molar refractivity (Wildman–Crippen MR) is 130 cm³/mol. The molecule has 8 atom stereocenters. The Morgan fingerprint density at radius 2 is 1.51 bits per heavy atom. The summed E-state index contributed by atoms with van der Waals surface area (Å²) in [6.45, 7) is 13.6. The van der Waals surface area contributed by atoms with Gasteiger partial charge in [0.05, 0.1) is 6.61 Å². The molecular formula is C28H38O9. The number of Topliss-reactive ketones (excluding diaryl/α,β-unsaturated/α-hetero) is 1. The molecule has 8 unspecified atom stereocenters. The van der Waals surface area contributed by atoms with Crippen LogP contribution in [0.15, 0.2) is 12.2 Å². The first-order valence-corrected chi connectivity index (χ1v) is 13.1. The third-order valence-electron chi connectivity index (χ3n) is 9.51. The Hall–Kier alpha value is -2.71. The molecule has 1 spiro atoms. The number of fused-ring (bicyclic) bond motifs is 3. The van der Waals surface area contributed by atoms with Crippen molar-refractivity contribution in [2.75, 3.05) is 6.61 Å². The minimum Gasteiger partial charge on any atom is -0.465 e. The first-order chi connectivity index (χ1) is 17.2. The van der Waals surface area contributed by atoms with Crippen molar-refractivity contribution in [2.45, 2.75) is 92.0 Å². The maximum Gasteiger partial charge on any atom is 0.302 e. The van der Waals surface area contributed by atoms with Crippen LogP contribution in [-0.2, 0) is 42.9 Å². The van der Waals surface area contributed by atoms with Gasteiger partial charge in [0.1, 0.15) is 23.7 Å². The first kappa shape index (κ1) is 27.3. The van der Waals surface area contributed by atoms with Crippen LogP contribution in [0.4, 0.5) is 0 Å². The van der Waals surface area contributed by atoms with Crippen LogP contribution < -0.4 is 0 Å². The smallest absolute Gasteiger partial charge is 0.302 e. The van der Waals surface area contributed by atoms with Gasteiger partial charge in [0, 0.05) is 44.9 Å². The molecule has 4 aliphatic rings. The number of hydrogen-bond donors (Lipinski definition) is 0. The maximum absolute atomic E-state index is 14.3. The van der Waals surface area contributed by atoms with Gasteiger partial charge in [-0.1, -0.05) is 26.8 Å². The Kier molecular flexibility index (Phi) is 6.82. The average molecular weight is 519 g/mol. The van der Waals surface area contributed by atoms with Crippen LogP contribution in [0.1, 0.15) is 73.6 Å². The lowest BCUT2D eigenvalue weighted by molar-refractivity contribution is -0.273. The van der Waals surface area contributed by atoms with Crippen LogP contribution in [-0.4, -0.2) is 54.6 Å². The molecule has 0 heterocycles. The van der Waals surface area contributed by atoms with Gasteiger partial charge in [0.2, 0.25) is 0 Å². The van der Waals surface area contributed by atoms with E-state index in [9.17, 15) is 24.0 Å². The van der Waals surface area contributed by atoms with E-state index < -0.39 is 64.9 Å². The van der Waals surface area contributed by atoms with Crippen LogP contribution in [0.3, 0.4) is 0 Å². The van der Waals surface area contributed by atoms with Crippen LogP contribution in [0.2, 0.25) is 0 Å². The van der Waals surface area contributed by atoms with Crippen molar-refractivity contribution in [3.8, 4) is 0 Å². The Morgan fingerprint density at radius 1 is 0.892 bits per heavy atom. The second kappa shape index (κ2) is 9.24. The average Bonchev–Trinajstić information content (AvgIpc) is 2.88. The molecule has 2 bridgehead atoms. The molecule has 4 fully saturated rings. The summed E-state index contributed by atoms with van der Waals surface area (Å²) in [6, 6.07) is 0. The Balaban J connectivity index is 2.04. The van der Waals surface area contributed by atoms with Gasteiger partial charge in [0.25, 0.3) is 0 Å². The first-order valence-electron chi connectivity index (χ1n) is 13.1. The van der Waals surface area contributed by atoms with E-state index in [0.717, 1.165) is 12.8 Å². The molecule has 0 aromatic carbocycles. The zero-order valence-electron chi connectivity index (χ0n) is 22.6. The van der Waals surface area contributed by atoms with Gasteiger partial charge in [0.15, 0.2) is 5.78 Å². The van der Waals surface area contributed by atoms with Gasteiger partial charge in [-0.25, -0.2) is 0 Å². The number of ether oxygens (including phenoxy) is 4. The van der Waals surface area contributed by atoms with Gasteiger partial charge in [-0.2, -0.15) is 0 Å². The van der Waals surface area contributed by atoms with Crippen LogP contribution in [0.5, 0.6) is 0 Å². The number of carbonyl (C=O) groups is 5. The fourth-order valence-corrected chi connectivity index (χ4v) is 8.61. The number of ketones is 1. The van der Waals surface area contributed by atoms with Crippen LogP contribution >= 0.6 is 0 Å². The molecular weight excluding hydrogens is 480 g/mol. The lowest BCUT2D eigenvalue weighted by atomic mass is 9.38. The van der Waals surface area contributed by atoms with E-state index in [1.54, 1.807) is 0 Å². The number of carbonyl (C=O) groups excluding carboxylic acids is 5. The van der Waals surface area contributed by atoms with Crippen molar-refractivity contribution < 1.29 is 42.9 Å². The SMILES string of the molecule is C=C1C(=O)C23C(OC(C)=O)CC4C(C)(C)CCCC4(COC(C)=O)C2C(OC(C)=O)CC1C3OC(C)=O. The molecule has 9 heteroatoms. The molecule has 0 radical (unpaired) electrons. The van der Waals surface area contributed by atoms with Crippen molar-refractivity contribution in [3.05, 3.63) is 12.2 Å². The lowest BCUT2D eigenvalue weighted by Crippen LogP contribution is -2.73. The van der Waals surface area contributed by atoms with Crippen LogP contribution in [0.25, 0.3) is 0 Å². The summed E-state index contributed by atoms with van der Waals surface area (Å²) in [4.78, 5) is 63.6. The van der Waals surface area contributed by atoms with E-state index >= 15 is 0 Å². The summed E-state index contributed by atoms with van der Waals surface area (Å²) in [5, 5.41) is 0. The van der Waals surface area contributed by atoms with E-state index in [4.69, 9.17) is 18.9 Å². The number of esters is 4. The summed E-state index contributed by atoms with van der Waals surface area (Å²) >= 11 is 0. The molecule has 0 aliphatic heterocycles. The van der Waals surface area contributed by atoms with Crippen molar-refractivity contribution in [2.24, 2.45) is 34.0 Å². The molecule has 0 saturated heterocycles. The Morgan fingerprint density at radius 3 is 2.08 bits per heavy atom. The highest BCUT2D eigenvalue weighted by atomic mass is 16.6. The molecule has 9 nitrogen and oxygen atoms in total. The summed E-state index contributed by atoms with van der Waals surface area (Å²) < 4.78 is 23.5. The zero-order valence-corrected chi connectivity index (χ0v) is 22.6. The molecule has 0 N–H and O–H groups in total. The highest BCUT2D eigenvalue weighted by Gasteiger charge is 2.80. The van der Waals surface area contributed by atoms with Crippen molar-refractivity contribution in [1.82, 2.24) is 0 Å². The summed E-state index contributed by atoms with van der Waals surface area (Å²) in [7, 11) is 0. The minimum absolute atomic E-state index is 0.0185. The largest absolute Gasteiger partial charge is 0.465 e. The molecule has 204 valence electrons. The molecule has 4 aliphatic carbocycles. The predicted octanol–water partition coefficient (Wildman–Crippen LogP) is 3.32. The zero-order chi connectivity index (χ0) is 27.5. The van der Waals surface area contributed by atoms with Crippen LogP contribution in [0, 0.1) is 34.0 Å². The molecule has 4 rings (SSSR count). The number of hydrogen-bond acceptors (Lipinski definition) is 9. The van der Waals surface area contributed by atoms with Crippen molar-refractivity contribution in [3.63, 3.8) is 0 Å². The molecule has 0 aromatic rings. The Bertz CT molecular complexity index is 1040. The topological polar surface area (TPSA) is 122 Å². The van der Waals surface area contributed by atoms with Gasteiger partial charge >= 0.3 is 23.9 Å². The maximum atomic E-state index is 14.3. The third kappa shape index (κ3) is 4.09. The highest BCUT2D eigenvalue weighted by molar-refractivity contribution is 6.05. The summed E-state index contributed by atoms with van der Waals surface area (Å²) in [6.07, 6.45) is 0.244. The van der Waals surface area contributed by atoms with Crippen molar-refractivity contribution in [1.29, 1.82) is 0 Å². The highest BCUT2D eigenvalue weighted by Crippen LogP contribution is 2.72. The van der Waals surface area contributed by atoms with E-state index in [0.29, 0.717) is 12.8 Å². The van der Waals surface area contributed by atoms with Gasteiger partial charge < -0.3 is 18.9 Å². The number of rotatable bonds is 5. The monoisotopic (exact) mass is 518 g/mol. The Labute approximate surface area is 217 Å².